The molecule has 0 N–H and O–H groups in total. The molecule has 122 valence electrons. The fourth-order valence-corrected chi connectivity index (χ4v) is 2.66. The number of halogens is 1. The normalized spacial score (nSPS) is 11.5. The second-order valence-corrected chi connectivity index (χ2v) is 7.41. The van der Waals surface area contributed by atoms with E-state index in [0.29, 0.717) is 18.1 Å². The first-order valence-electron chi connectivity index (χ1n) is 7.71. The van der Waals surface area contributed by atoms with E-state index in [1.807, 2.05) is 42.5 Å². The zero-order chi connectivity index (χ0) is 17.0. The summed E-state index contributed by atoms with van der Waals surface area (Å²) in [5.74, 6) is 0.164. The van der Waals surface area contributed by atoms with Crippen molar-refractivity contribution in [3.8, 4) is 11.1 Å². The third-order valence-electron chi connectivity index (χ3n) is 3.57. The van der Waals surface area contributed by atoms with Gasteiger partial charge in [-0.2, -0.15) is 0 Å². The van der Waals surface area contributed by atoms with Crippen LogP contribution in [0.15, 0.2) is 42.5 Å². The summed E-state index contributed by atoms with van der Waals surface area (Å²) in [7, 11) is 1.66. The smallest absolute Gasteiger partial charge is 0.163 e. The maximum atomic E-state index is 12.5. The van der Waals surface area contributed by atoms with E-state index < -0.39 is 0 Å². The van der Waals surface area contributed by atoms with Crippen LogP contribution in [0.25, 0.3) is 11.1 Å². The van der Waals surface area contributed by atoms with E-state index in [-0.39, 0.29) is 11.2 Å². The number of benzene rings is 2. The Balaban J connectivity index is 2.38. The van der Waals surface area contributed by atoms with Crippen molar-refractivity contribution in [2.75, 3.05) is 7.11 Å². The molecule has 0 radical (unpaired) electrons. The highest BCUT2D eigenvalue weighted by molar-refractivity contribution is 6.30. The van der Waals surface area contributed by atoms with Gasteiger partial charge in [-0.25, -0.2) is 0 Å². The molecule has 0 saturated carbocycles. The molecule has 0 unspecified atom stereocenters. The lowest BCUT2D eigenvalue weighted by Crippen LogP contribution is -2.13. The average molecular weight is 331 g/mol. The topological polar surface area (TPSA) is 26.3 Å². The molecule has 3 heteroatoms. The van der Waals surface area contributed by atoms with E-state index in [0.717, 1.165) is 22.3 Å². The minimum Gasteiger partial charge on any atom is -0.380 e. The summed E-state index contributed by atoms with van der Waals surface area (Å²) in [6.45, 7) is 6.68. The summed E-state index contributed by atoms with van der Waals surface area (Å²) in [5.41, 5.74) is 3.86. The molecule has 0 aliphatic heterocycles. The van der Waals surface area contributed by atoms with Crippen LogP contribution in [0.5, 0.6) is 0 Å². The van der Waals surface area contributed by atoms with E-state index in [2.05, 4.69) is 20.8 Å². The van der Waals surface area contributed by atoms with Crippen LogP contribution in [0.3, 0.4) is 0 Å². The van der Waals surface area contributed by atoms with E-state index in [9.17, 15) is 4.79 Å². The van der Waals surface area contributed by atoms with Crippen LogP contribution in [0.4, 0.5) is 0 Å². The monoisotopic (exact) mass is 330 g/mol. The lowest BCUT2D eigenvalue weighted by Gasteiger charge is -2.18. The first kappa shape index (κ1) is 17.7. The van der Waals surface area contributed by atoms with Gasteiger partial charge in [0.05, 0.1) is 6.61 Å². The highest BCUT2D eigenvalue weighted by Crippen LogP contribution is 2.28. The zero-order valence-corrected chi connectivity index (χ0v) is 14.9. The highest BCUT2D eigenvalue weighted by Gasteiger charge is 2.18. The number of hydrogen-bond acceptors (Lipinski definition) is 2. The Hall–Kier alpha value is -1.64. The number of hydrogen-bond donors (Lipinski definition) is 0. The maximum absolute atomic E-state index is 12.5. The van der Waals surface area contributed by atoms with Crippen LogP contribution in [0, 0.1) is 5.41 Å². The second kappa shape index (κ2) is 7.29. The van der Waals surface area contributed by atoms with Crippen LogP contribution in [0.2, 0.25) is 5.02 Å². The molecule has 2 aromatic rings. The molecule has 0 heterocycles. The molecule has 0 saturated heterocycles. The number of methoxy groups -OCH3 is 1. The maximum Gasteiger partial charge on any atom is 0.163 e. The Bertz CT molecular complexity index is 682. The quantitative estimate of drug-likeness (QED) is 0.650. The zero-order valence-electron chi connectivity index (χ0n) is 14.2. The molecule has 0 spiro atoms. The number of ketones is 1. The molecule has 2 rings (SSSR count). The summed E-state index contributed by atoms with van der Waals surface area (Å²) in [6, 6.07) is 13.5. The predicted octanol–water partition coefficient (Wildman–Crippen LogP) is 5.77. The van der Waals surface area contributed by atoms with Crippen molar-refractivity contribution in [3.63, 3.8) is 0 Å². The molecule has 2 nitrogen and oxygen atoms in total. The van der Waals surface area contributed by atoms with E-state index in [1.165, 1.54) is 0 Å². The Kier molecular flexibility index (Phi) is 5.61. The molecule has 0 amide bonds. The minimum absolute atomic E-state index is 0.0205. The van der Waals surface area contributed by atoms with Crippen molar-refractivity contribution in [2.24, 2.45) is 5.41 Å². The van der Waals surface area contributed by atoms with Gasteiger partial charge in [-0.1, -0.05) is 56.6 Å². The SMILES string of the molecule is COCc1cc(C(=O)CC(C)(C)C)ccc1-c1ccc(Cl)cc1. The molecule has 0 fully saturated rings. The van der Waals surface area contributed by atoms with Crippen molar-refractivity contribution >= 4 is 17.4 Å². The van der Waals surface area contributed by atoms with Gasteiger partial charge in [0.25, 0.3) is 0 Å². The van der Waals surface area contributed by atoms with Gasteiger partial charge in [-0.15, -0.1) is 0 Å². The third kappa shape index (κ3) is 4.92. The summed E-state index contributed by atoms with van der Waals surface area (Å²) in [5, 5.41) is 0.707. The summed E-state index contributed by atoms with van der Waals surface area (Å²) < 4.78 is 5.31. The summed E-state index contributed by atoms with van der Waals surface area (Å²) in [6.07, 6.45) is 0.527. The van der Waals surface area contributed by atoms with Gasteiger partial charge >= 0.3 is 0 Å². The third-order valence-corrected chi connectivity index (χ3v) is 3.83. The predicted molar refractivity (Wildman–Crippen MR) is 96.0 cm³/mol. The van der Waals surface area contributed by atoms with Crippen LogP contribution >= 0.6 is 11.6 Å². The number of Topliss-reactive ketones (excluding diaryl/α,β-unsaturated/α-hetero) is 1. The molecule has 0 atom stereocenters. The molecular weight excluding hydrogens is 308 g/mol. The van der Waals surface area contributed by atoms with Crippen molar-refractivity contribution in [3.05, 3.63) is 58.6 Å². The van der Waals surface area contributed by atoms with Gasteiger partial charge in [-0.05, 0) is 40.3 Å². The molecule has 0 aromatic heterocycles. The largest absolute Gasteiger partial charge is 0.380 e. The van der Waals surface area contributed by atoms with Crippen LogP contribution in [-0.2, 0) is 11.3 Å². The van der Waals surface area contributed by atoms with E-state index in [4.69, 9.17) is 16.3 Å². The molecule has 23 heavy (non-hydrogen) atoms. The van der Waals surface area contributed by atoms with E-state index >= 15 is 0 Å². The minimum atomic E-state index is -0.0205. The number of carbonyl (C=O) groups is 1. The average Bonchev–Trinajstić information content (AvgIpc) is 2.47. The Labute approximate surface area is 143 Å². The molecule has 0 aliphatic carbocycles. The molecular formula is C20H23ClO2. The Morgan fingerprint density at radius 1 is 1.09 bits per heavy atom. The Morgan fingerprint density at radius 2 is 1.74 bits per heavy atom. The van der Waals surface area contributed by atoms with Crippen LogP contribution in [-0.4, -0.2) is 12.9 Å². The summed E-state index contributed by atoms with van der Waals surface area (Å²) in [4.78, 5) is 12.5. The molecule has 0 bridgehead atoms. The van der Waals surface area contributed by atoms with Crippen molar-refractivity contribution in [1.82, 2.24) is 0 Å². The van der Waals surface area contributed by atoms with Gasteiger partial charge in [0, 0.05) is 24.1 Å². The first-order valence-corrected chi connectivity index (χ1v) is 8.09. The summed E-state index contributed by atoms with van der Waals surface area (Å²) >= 11 is 5.96. The van der Waals surface area contributed by atoms with Crippen molar-refractivity contribution < 1.29 is 9.53 Å². The highest BCUT2D eigenvalue weighted by atomic mass is 35.5. The fourth-order valence-electron chi connectivity index (χ4n) is 2.54. The number of rotatable bonds is 5. The van der Waals surface area contributed by atoms with Crippen molar-refractivity contribution in [2.45, 2.75) is 33.8 Å². The van der Waals surface area contributed by atoms with E-state index in [1.54, 1.807) is 7.11 Å². The van der Waals surface area contributed by atoms with Gasteiger partial charge in [0.2, 0.25) is 0 Å². The van der Waals surface area contributed by atoms with Crippen molar-refractivity contribution in [1.29, 1.82) is 0 Å². The second-order valence-electron chi connectivity index (χ2n) is 6.97. The lowest BCUT2D eigenvalue weighted by atomic mass is 9.87. The standard InChI is InChI=1S/C20H23ClO2/c1-20(2,3)12-19(22)15-7-10-18(16(11-15)13-23-4)14-5-8-17(21)9-6-14/h5-11H,12-13H2,1-4H3. The van der Waals surface area contributed by atoms with Gasteiger partial charge < -0.3 is 4.74 Å². The van der Waals surface area contributed by atoms with Gasteiger partial charge in [-0.3, -0.25) is 4.79 Å². The lowest BCUT2D eigenvalue weighted by molar-refractivity contribution is 0.0939. The number of ether oxygens (including phenoxy) is 1. The first-order chi connectivity index (χ1) is 10.8. The van der Waals surface area contributed by atoms with Gasteiger partial charge in [0.1, 0.15) is 0 Å². The molecule has 0 aliphatic rings. The molecule has 2 aromatic carbocycles. The number of carbonyl (C=O) groups excluding carboxylic acids is 1. The van der Waals surface area contributed by atoms with Crippen LogP contribution < -0.4 is 0 Å². The fraction of sp³-hybridized carbons (Fsp3) is 0.350. The Morgan fingerprint density at radius 3 is 2.30 bits per heavy atom. The van der Waals surface area contributed by atoms with Crippen LogP contribution in [0.1, 0.15) is 43.1 Å². The van der Waals surface area contributed by atoms with Gasteiger partial charge in [0.15, 0.2) is 5.78 Å².